The van der Waals surface area contributed by atoms with Crippen molar-refractivity contribution in [2.45, 2.75) is 0 Å². The van der Waals surface area contributed by atoms with E-state index in [-0.39, 0.29) is 125 Å². The molecule has 0 aliphatic carbocycles. The normalized spacial score (nSPS) is 8.62. The van der Waals surface area contributed by atoms with E-state index >= 15 is 0 Å². The van der Waals surface area contributed by atoms with Gasteiger partial charge in [-0.1, -0.05) is 24.3 Å². The van der Waals surface area contributed by atoms with Gasteiger partial charge < -0.3 is 30.0 Å². The van der Waals surface area contributed by atoms with E-state index in [9.17, 15) is 29.4 Å². The number of hydrogen-bond acceptors (Lipinski definition) is 6. The minimum absolute atomic E-state index is 0. The molecule has 2 aromatic rings. The van der Waals surface area contributed by atoms with Gasteiger partial charge in [0.2, 0.25) is 0 Å². The van der Waals surface area contributed by atoms with Crippen LogP contribution in [-0.4, -0.2) is 34.1 Å². The van der Waals surface area contributed by atoms with Crippen LogP contribution in [0.4, 0.5) is 0 Å². The largest absolute Gasteiger partial charge is 1.00 e. The molecule has 8 nitrogen and oxygen atoms in total. The van der Waals surface area contributed by atoms with Crippen molar-refractivity contribution in [2.75, 3.05) is 0 Å². The van der Waals surface area contributed by atoms with Gasteiger partial charge in [0.05, 0.1) is 23.1 Å². The van der Waals surface area contributed by atoms with Crippen molar-refractivity contribution in [3.63, 3.8) is 0 Å². The minimum Gasteiger partial charge on any atom is -0.545 e. The fourth-order valence-electron chi connectivity index (χ4n) is 1.50. The molecule has 0 bridgehead atoms. The molecule has 0 aromatic heterocycles. The Labute approximate surface area is 233 Å². The summed E-state index contributed by atoms with van der Waals surface area (Å²) >= 11 is 0. The van der Waals surface area contributed by atoms with Crippen LogP contribution in [-0.2, 0) is 0 Å². The fourth-order valence-corrected chi connectivity index (χ4v) is 1.50. The van der Waals surface area contributed by atoms with Crippen molar-refractivity contribution in [2.24, 2.45) is 0 Å². The van der Waals surface area contributed by atoms with Gasteiger partial charge in [-0.3, -0.25) is 0 Å². The van der Waals surface area contributed by atoms with Gasteiger partial charge in [0.25, 0.3) is 0 Å². The third-order valence-corrected chi connectivity index (χ3v) is 2.74. The van der Waals surface area contributed by atoms with Crippen molar-refractivity contribution < 1.29 is 142 Å². The number of carboxylic acids is 4. The molecule has 124 valence electrons. The smallest absolute Gasteiger partial charge is 0.545 e. The molecule has 10 heteroatoms. The molecule has 2 N–H and O–H groups in total. The maximum absolute atomic E-state index is 10.3. The van der Waals surface area contributed by atoms with E-state index in [1.165, 1.54) is 24.3 Å². The summed E-state index contributed by atoms with van der Waals surface area (Å²) in [6.45, 7) is 0. The van der Waals surface area contributed by atoms with Gasteiger partial charge >= 0.3 is 115 Å². The first-order valence-electron chi connectivity index (χ1n) is 6.31. The van der Waals surface area contributed by atoms with Gasteiger partial charge in [-0.2, -0.15) is 0 Å². The summed E-state index contributed by atoms with van der Waals surface area (Å²) in [6.07, 6.45) is 0. The molecule has 0 saturated heterocycles. The van der Waals surface area contributed by atoms with E-state index in [1.807, 2.05) is 0 Å². The minimum atomic E-state index is -1.33. The fraction of sp³-hybridized carbons (Fsp3) is 0. The number of carbonyl (C=O) groups is 4. The summed E-state index contributed by atoms with van der Waals surface area (Å²) < 4.78 is 0. The first-order chi connectivity index (χ1) is 11.2. The van der Waals surface area contributed by atoms with Crippen LogP contribution in [0.15, 0.2) is 48.5 Å². The number of carbonyl (C=O) groups excluding carboxylic acids is 2. The number of rotatable bonds is 4. The first-order valence-corrected chi connectivity index (χ1v) is 6.31. The molecular formula is C16H10K2O8. The molecule has 0 fully saturated rings. The van der Waals surface area contributed by atoms with Gasteiger partial charge in [-0.15, -0.1) is 0 Å². The Bertz CT molecular complexity index is 636. The molecule has 0 heterocycles. The van der Waals surface area contributed by atoms with Crippen molar-refractivity contribution in [1.29, 1.82) is 0 Å². The summed E-state index contributed by atoms with van der Waals surface area (Å²) in [4.78, 5) is 41.1. The Morgan fingerprint density at radius 1 is 0.538 bits per heavy atom. The van der Waals surface area contributed by atoms with E-state index < -0.39 is 23.9 Å². The second kappa shape index (κ2) is 13.7. The molecule has 2 aromatic carbocycles. The van der Waals surface area contributed by atoms with E-state index in [4.69, 9.17) is 10.2 Å². The maximum atomic E-state index is 10.3. The van der Waals surface area contributed by atoms with Crippen LogP contribution in [0.2, 0.25) is 0 Å². The number of aromatic carboxylic acids is 4. The average Bonchev–Trinajstić information content (AvgIpc) is 2.55. The van der Waals surface area contributed by atoms with Crippen molar-refractivity contribution in [3.05, 3.63) is 70.8 Å². The van der Waals surface area contributed by atoms with Crippen LogP contribution in [0.3, 0.4) is 0 Å². The molecule has 0 spiro atoms. The first kappa shape index (κ1) is 27.8. The topological polar surface area (TPSA) is 155 Å². The molecule has 0 atom stereocenters. The molecule has 2 rings (SSSR count). The third kappa shape index (κ3) is 9.51. The summed E-state index contributed by atoms with van der Waals surface area (Å²) in [5, 5.41) is 37.3. The zero-order valence-corrected chi connectivity index (χ0v) is 20.2. The van der Waals surface area contributed by atoms with E-state index in [1.54, 1.807) is 0 Å². The quantitative estimate of drug-likeness (QED) is 0.473. The second-order valence-corrected chi connectivity index (χ2v) is 4.34. The van der Waals surface area contributed by atoms with Crippen LogP contribution in [0.25, 0.3) is 0 Å². The Morgan fingerprint density at radius 3 is 0.885 bits per heavy atom. The number of benzene rings is 2. The molecule has 0 aliphatic rings. The van der Waals surface area contributed by atoms with Crippen LogP contribution in [0.1, 0.15) is 41.4 Å². The standard InChI is InChI=1S/2C8H6O4.2K/c2*9-7(10)5-1-2-6(4-3-5)8(11)12;;/h2*1-4H,(H,9,10)(H,11,12);;/q;;2*+1/p-2. The molecule has 26 heavy (non-hydrogen) atoms. The van der Waals surface area contributed by atoms with Gasteiger partial charge in [-0.05, 0) is 35.4 Å². The maximum Gasteiger partial charge on any atom is 1.00 e. The second-order valence-electron chi connectivity index (χ2n) is 4.34. The molecule has 0 unspecified atom stereocenters. The summed E-state index contributed by atoms with van der Waals surface area (Å²) in [6, 6.07) is 9.64. The van der Waals surface area contributed by atoms with Gasteiger partial charge in [0.15, 0.2) is 0 Å². The SMILES string of the molecule is O=C(O)c1ccc(C(=O)O)cc1.O=C([O-])c1ccc(C(=O)[O-])cc1.[K+].[K+]. The van der Waals surface area contributed by atoms with Gasteiger partial charge in [0.1, 0.15) is 0 Å². The molecule has 0 aliphatic heterocycles. The van der Waals surface area contributed by atoms with E-state index in [2.05, 4.69) is 0 Å². The average molecular weight is 408 g/mol. The Hall–Kier alpha value is -0.407. The molecule has 0 saturated carbocycles. The molecular weight excluding hydrogens is 398 g/mol. The predicted octanol–water partition coefficient (Wildman–Crippen LogP) is -6.50. The zero-order valence-electron chi connectivity index (χ0n) is 14.0. The Kier molecular flexibility index (Phi) is 14.7. The zero-order chi connectivity index (χ0) is 18.3. The molecule has 0 amide bonds. The van der Waals surface area contributed by atoms with Gasteiger partial charge in [-0.25, -0.2) is 9.59 Å². The van der Waals surface area contributed by atoms with E-state index in [0.717, 1.165) is 24.3 Å². The third-order valence-electron chi connectivity index (χ3n) is 2.74. The number of carboxylic acid groups (broad SMARTS) is 4. The van der Waals surface area contributed by atoms with Crippen LogP contribution in [0.5, 0.6) is 0 Å². The summed E-state index contributed by atoms with van der Waals surface area (Å²) in [5.74, 6) is -4.79. The predicted molar refractivity (Wildman–Crippen MR) is 75.5 cm³/mol. The summed E-state index contributed by atoms with van der Waals surface area (Å²) in [7, 11) is 0. The van der Waals surface area contributed by atoms with Crippen LogP contribution < -0.4 is 113 Å². The van der Waals surface area contributed by atoms with E-state index in [0.29, 0.717) is 0 Å². The van der Waals surface area contributed by atoms with Crippen molar-refractivity contribution >= 4 is 23.9 Å². The van der Waals surface area contributed by atoms with Crippen LogP contribution in [0, 0.1) is 0 Å². The number of hydrogen-bond donors (Lipinski definition) is 2. The van der Waals surface area contributed by atoms with Gasteiger partial charge in [0, 0.05) is 0 Å². The molecule has 0 radical (unpaired) electrons. The van der Waals surface area contributed by atoms with Crippen molar-refractivity contribution in [1.82, 2.24) is 0 Å². The monoisotopic (exact) mass is 408 g/mol. The van der Waals surface area contributed by atoms with Crippen LogP contribution >= 0.6 is 0 Å². The Morgan fingerprint density at radius 2 is 0.731 bits per heavy atom. The summed E-state index contributed by atoms with van der Waals surface area (Å²) in [5.41, 5.74) is 0.0556. The van der Waals surface area contributed by atoms with Crippen molar-refractivity contribution in [3.8, 4) is 0 Å². The Balaban J connectivity index is 0.